The van der Waals surface area contributed by atoms with Gasteiger partial charge in [-0.2, -0.15) is 0 Å². The topological polar surface area (TPSA) is 25.2 Å². The maximum absolute atomic E-state index is 4.33. The molecule has 2 nitrogen and oxygen atoms in total. The number of pyridine rings is 1. The van der Waals surface area contributed by atoms with Crippen LogP contribution in [0.4, 0.5) is 0 Å². The van der Waals surface area contributed by atoms with E-state index in [9.17, 15) is 0 Å². The van der Waals surface area contributed by atoms with Gasteiger partial charge in [0.2, 0.25) is 0 Å². The monoisotopic (exact) mass is 172 g/mol. The van der Waals surface area contributed by atoms with Crippen LogP contribution in [0.25, 0.3) is 0 Å². The third-order valence-electron chi connectivity index (χ3n) is 2.25. The number of allylic oxidation sites excluding steroid dienone is 1. The van der Waals surface area contributed by atoms with Gasteiger partial charge in [0.25, 0.3) is 0 Å². The van der Waals surface area contributed by atoms with Crippen LogP contribution in [0.15, 0.2) is 41.7 Å². The average molecular weight is 172 g/mol. The predicted molar refractivity (Wildman–Crippen MR) is 53.7 cm³/mol. The average Bonchev–Trinajstić information content (AvgIpc) is 2.67. The molecule has 0 spiro atoms. The molecule has 0 N–H and O–H groups in total. The van der Waals surface area contributed by atoms with E-state index in [0.717, 1.165) is 17.8 Å². The summed E-state index contributed by atoms with van der Waals surface area (Å²) in [6, 6.07) is 5.93. The van der Waals surface area contributed by atoms with Gasteiger partial charge in [-0.15, -0.1) is 0 Å². The number of hydrogen-bond donors (Lipinski definition) is 0. The summed E-state index contributed by atoms with van der Waals surface area (Å²) in [5.74, 6) is 0.454. The van der Waals surface area contributed by atoms with Gasteiger partial charge < -0.3 is 0 Å². The Labute approximate surface area is 78.0 Å². The normalized spacial score (nSPS) is 20.4. The summed E-state index contributed by atoms with van der Waals surface area (Å²) in [4.78, 5) is 8.62. The van der Waals surface area contributed by atoms with E-state index in [4.69, 9.17) is 0 Å². The second-order valence-corrected chi connectivity index (χ2v) is 3.09. The van der Waals surface area contributed by atoms with Crippen molar-refractivity contribution in [3.05, 3.63) is 42.4 Å². The molecule has 0 radical (unpaired) electrons. The number of aliphatic imine (C=N–C) groups is 1. The first-order chi connectivity index (χ1) is 6.42. The zero-order chi connectivity index (χ0) is 9.10. The van der Waals surface area contributed by atoms with Crippen LogP contribution in [0.2, 0.25) is 0 Å². The largest absolute Gasteiger partial charge is 0.259 e. The molecule has 1 aromatic heterocycles. The Balaban J connectivity index is 2.29. The summed E-state index contributed by atoms with van der Waals surface area (Å²) >= 11 is 0. The SMILES string of the molecule is CCC1C=CN=C1c1ccccn1. The molecule has 0 amide bonds. The molecule has 66 valence electrons. The number of nitrogens with zero attached hydrogens (tertiary/aromatic N) is 2. The number of aromatic nitrogens is 1. The number of rotatable bonds is 2. The maximum atomic E-state index is 4.33. The van der Waals surface area contributed by atoms with Crippen molar-refractivity contribution in [3.63, 3.8) is 0 Å². The Bertz CT molecular complexity index is 338. The van der Waals surface area contributed by atoms with E-state index < -0.39 is 0 Å². The molecular weight excluding hydrogens is 160 g/mol. The molecule has 1 unspecified atom stereocenters. The minimum Gasteiger partial charge on any atom is -0.259 e. The molecule has 1 aliphatic heterocycles. The molecule has 0 saturated heterocycles. The highest BCUT2D eigenvalue weighted by atomic mass is 14.8. The van der Waals surface area contributed by atoms with E-state index in [0.29, 0.717) is 5.92 Å². The summed E-state index contributed by atoms with van der Waals surface area (Å²) in [5.41, 5.74) is 2.10. The summed E-state index contributed by atoms with van der Waals surface area (Å²) in [5, 5.41) is 0. The van der Waals surface area contributed by atoms with Gasteiger partial charge in [-0.25, -0.2) is 0 Å². The number of hydrogen-bond acceptors (Lipinski definition) is 2. The zero-order valence-electron chi connectivity index (χ0n) is 7.64. The van der Waals surface area contributed by atoms with Crippen LogP contribution >= 0.6 is 0 Å². The third kappa shape index (κ3) is 1.52. The molecule has 0 fully saturated rings. The molecule has 0 bridgehead atoms. The van der Waals surface area contributed by atoms with Gasteiger partial charge in [-0.3, -0.25) is 9.98 Å². The molecule has 2 heterocycles. The van der Waals surface area contributed by atoms with Gasteiger partial charge in [0, 0.05) is 18.3 Å². The summed E-state index contributed by atoms with van der Waals surface area (Å²) in [7, 11) is 0. The highest BCUT2D eigenvalue weighted by Crippen LogP contribution is 2.18. The minimum absolute atomic E-state index is 0.454. The predicted octanol–water partition coefficient (Wildman–Crippen LogP) is 2.42. The highest BCUT2D eigenvalue weighted by molar-refractivity contribution is 6.03. The zero-order valence-corrected chi connectivity index (χ0v) is 7.64. The van der Waals surface area contributed by atoms with Crippen molar-refractivity contribution in [1.29, 1.82) is 0 Å². The van der Waals surface area contributed by atoms with Crippen LogP contribution < -0.4 is 0 Å². The Morgan fingerprint density at radius 2 is 2.31 bits per heavy atom. The van der Waals surface area contributed by atoms with Crippen molar-refractivity contribution >= 4 is 5.71 Å². The van der Waals surface area contributed by atoms with Crippen molar-refractivity contribution in [2.24, 2.45) is 10.9 Å². The fourth-order valence-electron chi connectivity index (χ4n) is 1.51. The Hall–Kier alpha value is -1.44. The van der Waals surface area contributed by atoms with Crippen molar-refractivity contribution in [2.45, 2.75) is 13.3 Å². The molecule has 0 aliphatic carbocycles. The Kier molecular flexibility index (Phi) is 2.21. The molecular formula is C11H12N2. The molecule has 13 heavy (non-hydrogen) atoms. The van der Waals surface area contributed by atoms with Crippen LogP contribution in [0.5, 0.6) is 0 Å². The standard InChI is InChI=1S/C11H12N2/c1-2-9-6-8-13-11(9)10-5-3-4-7-12-10/h3-9H,2H2,1H3. The van der Waals surface area contributed by atoms with Crippen LogP contribution in [-0.4, -0.2) is 10.7 Å². The lowest BCUT2D eigenvalue weighted by atomic mass is 9.99. The Morgan fingerprint density at radius 3 is 3.00 bits per heavy atom. The van der Waals surface area contributed by atoms with Crippen molar-refractivity contribution in [2.75, 3.05) is 0 Å². The quantitative estimate of drug-likeness (QED) is 0.672. The smallest absolute Gasteiger partial charge is 0.0850 e. The van der Waals surface area contributed by atoms with E-state index >= 15 is 0 Å². The maximum Gasteiger partial charge on any atom is 0.0850 e. The molecule has 1 aromatic rings. The lowest BCUT2D eigenvalue weighted by Crippen LogP contribution is -2.11. The molecule has 2 heteroatoms. The summed E-state index contributed by atoms with van der Waals surface area (Å²) in [6.45, 7) is 2.17. The third-order valence-corrected chi connectivity index (χ3v) is 2.25. The lowest BCUT2D eigenvalue weighted by molar-refractivity contribution is 0.826. The molecule has 1 atom stereocenters. The van der Waals surface area contributed by atoms with E-state index in [1.165, 1.54) is 0 Å². The van der Waals surface area contributed by atoms with Gasteiger partial charge in [-0.1, -0.05) is 19.1 Å². The van der Waals surface area contributed by atoms with Gasteiger partial charge >= 0.3 is 0 Å². The second kappa shape index (κ2) is 3.52. The fourth-order valence-corrected chi connectivity index (χ4v) is 1.51. The highest BCUT2D eigenvalue weighted by Gasteiger charge is 2.16. The van der Waals surface area contributed by atoms with Crippen LogP contribution in [-0.2, 0) is 0 Å². The van der Waals surface area contributed by atoms with Gasteiger partial charge in [0.05, 0.1) is 11.4 Å². The van der Waals surface area contributed by atoms with Crippen LogP contribution in [0, 0.1) is 5.92 Å². The van der Waals surface area contributed by atoms with E-state index in [-0.39, 0.29) is 0 Å². The second-order valence-electron chi connectivity index (χ2n) is 3.09. The Morgan fingerprint density at radius 1 is 1.38 bits per heavy atom. The fraction of sp³-hybridized carbons (Fsp3) is 0.273. The molecule has 0 saturated carbocycles. The minimum atomic E-state index is 0.454. The van der Waals surface area contributed by atoms with Crippen molar-refractivity contribution in [3.8, 4) is 0 Å². The first kappa shape index (κ1) is 8.17. The lowest BCUT2D eigenvalue weighted by Gasteiger charge is -2.07. The van der Waals surface area contributed by atoms with E-state index in [1.807, 2.05) is 30.6 Å². The summed E-state index contributed by atoms with van der Waals surface area (Å²) < 4.78 is 0. The summed E-state index contributed by atoms with van der Waals surface area (Å²) in [6.07, 6.45) is 6.90. The van der Waals surface area contributed by atoms with Gasteiger partial charge in [0.15, 0.2) is 0 Å². The van der Waals surface area contributed by atoms with E-state index in [1.54, 1.807) is 0 Å². The van der Waals surface area contributed by atoms with Crippen molar-refractivity contribution < 1.29 is 0 Å². The molecule has 2 rings (SSSR count). The van der Waals surface area contributed by atoms with Crippen LogP contribution in [0.3, 0.4) is 0 Å². The molecule has 1 aliphatic rings. The first-order valence-corrected chi connectivity index (χ1v) is 4.57. The van der Waals surface area contributed by atoms with Crippen molar-refractivity contribution in [1.82, 2.24) is 4.98 Å². The van der Waals surface area contributed by atoms with E-state index in [2.05, 4.69) is 23.0 Å². The first-order valence-electron chi connectivity index (χ1n) is 4.57. The van der Waals surface area contributed by atoms with Crippen LogP contribution in [0.1, 0.15) is 19.0 Å². The van der Waals surface area contributed by atoms with Gasteiger partial charge in [-0.05, 0) is 18.6 Å². The van der Waals surface area contributed by atoms with Gasteiger partial charge in [0.1, 0.15) is 0 Å². The molecule has 0 aromatic carbocycles.